The Morgan fingerprint density at radius 1 is 1.24 bits per heavy atom. The molecular formula is C23H26N4O5S2. The maximum absolute atomic E-state index is 13.2. The molecule has 2 N–H and O–H groups in total. The van der Waals surface area contributed by atoms with Crippen LogP contribution >= 0.6 is 11.3 Å². The number of hydrogen-bond acceptors (Lipinski definition) is 9. The van der Waals surface area contributed by atoms with Crippen molar-refractivity contribution in [3.63, 3.8) is 0 Å². The van der Waals surface area contributed by atoms with Crippen LogP contribution in [0.5, 0.6) is 11.5 Å². The molecule has 0 bridgehead atoms. The second kappa shape index (κ2) is 10.1. The van der Waals surface area contributed by atoms with Gasteiger partial charge in [0.25, 0.3) is 0 Å². The highest BCUT2D eigenvalue weighted by atomic mass is 32.2. The molecule has 0 spiro atoms. The number of benzene rings is 2. The van der Waals surface area contributed by atoms with Crippen LogP contribution in [0, 0.1) is 0 Å². The first-order chi connectivity index (χ1) is 16.3. The molecule has 0 aliphatic carbocycles. The normalized spacial score (nSPS) is 19.4. The summed E-state index contributed by atoms with van der Waals surface area (Å²) >= 11 is 1.35. The number of nitrogens with one attached hydrogen (secondary N) is 1. The van der Waals surface area contributed by atoms with Crippen LogP contribution in [0.2, 0.25) is 0 Å². The van der Waals surface area contributed by atoms with E-state index < -0.39 is 10.0 Å². The predicted molar refractivity (Wildman–Crippen MR) is 132 cm³/mol. The van der Waals surface area contributed by atoms with Gasteiger partial charge in [0.1, 0.15) is 0 Å². The number of phenols is 1. The van der Waals surface area contributed by atoms with Crippen LogP contribution in [0.3, 0.4) is 0 Å². The van der Waals surface area contributed by atoms with Crippen molar-refractivity contribution < 1.29 is 23.0 Å². The number of nitrogens with zero attached hydrogens (tertiary/aromatic N) is 3. The van der Waals surface area contributed by atoms with Crippen molar-refractivity contribution in [3.05, 3.63) is 53.4 Å². The molecular weight excluding hydrogens is 476 g/mol. The standard InChI is InChI=1S/C23H26N4O5S2/c1-15-12-27(13-16(2)32-15)34(29,30)19-6-4-5-18(10-19)20-14-33-23(25-20)26-24-11-17-7-8-21(28)22(9-17)31-3/h4-11,14-16,28H,12-13H2,1-3H3,(H,25,26)/b24-11+. The molecule has 3 aromatic rings. The van der Waals surface area contributed by atoms with Crippen LogP contribution in [-0.2, 0) is 14.8 Å². The predicted octanol–water partition coefficient (Wildman–Crippen LogP) is 3.77. The Kier molecular flexibility index (Phi) is 7.17. The number of thiazole rings is 1. The number of rotatable bonds is 7. The molecule has 1 aliphatic heterocycles. The lowest BCUT2D eigenvalue weighted by Gasteiger charge is -2.34. The van der Waals surface area contributed by atoms with Crippen molar-refractivity contribution in [1.82, 2.24) is 9.29 Å². The molecule has 0 amide bonds. The van der Waals surface area contributed by atoms with E-state index in [-0.39, 0.29) is 22.9 Å². The quantitative estimate of drug-likeness (QED) is 0.373. The molecule has 1 saturated heterocycles. The summed E-state index contributed by atoms with van der Waals surface area (Å²) in [7, 11) is -2.16. The Bertz CT molecular complexity index is 1280. The summed E-state index contributed by atoms with van der Waals surface area (Å²) in [6.07, 6.45) is 1.27. The van der Waals surface area contributed by atoms with E-state index in [4.69, 9.17) is 9.47 Å². The lowest BCUT2D eigenvalue weighted by atomic mass is 10.2. The molecule has 2 heterocycles. The van der Waals surface area contributed by atoms with Crippen LogP contribution < -0.4 is 10.2 Å². The molecule has 11 heteroatoms. The van der Waals surface area contributed by atoms with Gasteiger partial charge in [0.2, 0.25) is 15.2 Å². The number of phenolic OH excluding ortho intramolecular Hbond substituents is 1. The summed E-state index contributed by atoms with van der Waals surface area (Å²) in [5.74, 6) is 0.412. The number of hydrogen-bond donors (Lipinski definition) is 2. The number of methoxy groups -OCH3 is 1. The average molecular weight is 503 g/mol. The number of sulfonamides is 1. The molecule has 180 valence electrons. The maximum atomic E-state index is 13.2. The molecule has 1 fully saturated rings. The van der Waals surface area contributed by atoms with Crippen LogP contribution in [0.4, 0.5) is 5.13 Å². The van der Waals surface area contributed by atoms with Gasteiger partial charge in [-0.1, -0.05) is 12.1 Å². The number of hydrazone groups is 1. The van der Waals surface area contributed by atoms with E-state index in [1.54, 1.807) is 36.5 Å². The van der Waals surface area contributed by atoms with Crippen molar-refractivity contribution in [2.24, 2.45) is 5.10 Å². The Morgan fingerprint density at radius 3 is 2.74 bits per heavy atom. The number of morpholine rings is 1. The van der Waals surface area contributed by atoms with Gasteiger partial charge >= 0.3 is 0 Å². The van der Waals surface area contributed by atoms with Gasteiger partial charge in [0.15, 0.2) is 11.5 Å². The highest BCUT2D eigenvalue weighted by molar-refractivity contribution is 7.89. The molecule has 0 saturated carbocycles. The third-order valence-corrected chi connectivity index (χ3v) is 7.81. The molecule has 2 unspecified atom stereocenters. The van der Waals surface area contributed by atoms with Crippen LogP contribution in [-0.4, -0.2) is 61.4 Å². The van der Waals surface area contributed by atoms with Crippen molar-refractivity contribution >= 4 is 32.7 Å². The smallest absolute Gasteiger partial charge is 0.243 e. The molecule has 4 rings (SSSR count). The fourth-order valence-corrected chi connectivity index (χ4v) is 5.99. The van der Waals surface area contributed by atoms with Gasteiger partial charge < -0.3 is 14.6 Å². The summed E-state index contributed by atoms with van der Waals surface area (Å²) in [5.41, 5.74) is 4.96. The molecule has 1 aliphatic rings. The minimum atomic E-state index is -3.64. The van der Waals surface area contributed by atoms with Gasteiger partial charge in [-0.25, -0.2) is 13.4 Å². The van der Waals surface area contributed by atoms with E-state index in [9.17, 15) is 13.5 Å². The number of ether oxygens (including phenoxy) is 2. The lowest BCUT2D eigenvalue weighted by molar-refractivity contribution is -0.0440. The summed E-state index contributed by atoms with van der Waals surface area (Å²) in [4.78, 5) is 4.75. The third-order valence-electron chi connectivity index (χ3n) is 5.24. The van der Waals surface area contributed by atoms with Crippen molar-refractivity contribution in [2.45, 2.75) is 31.0 Å². The van der Waals surface area contributed by atoms with E-state index in [0.29, 0.717) is 35.2 Å². The second-order valence-corrected chi connectivity index (χ2v) is 10.7. The zero-order valence-electron chi connectivity index (χ0n) is 19.0. The Hall–Kier alpha value is -2.99. The lowest BCUT2D eigenvalue weighted by Crippen LogP contribution is -2.48. The van der Waals surface area contributed by atoms with E-state index in [2.05, 4.69) is 15.5 Å². The second-order valence-electron chi connectivity index (χ2n) is 7.95. The summed E-state index contributed by atoms with van der Waals surface area (Å²) < 4.78 is 38.7. The molecule has 1 aromatic heterocycles. The first kappa shape index (κ1) is 24.1. The van der Waals surface area contributed by atoms with Crippen LogP contribution in [0.1, 0.15) is 19.4 Å². The SMILES string of the molecule is COc1cc(/C=N/Nc2nc(-c3cccc(S(=O)(=O)N4CC(C)OC(C)C4)c3)cs2)ccc1O. The van der Waals surface area contributed by atoms with Gasteiger partial charge in [-0.15, -0.1) is 11.3 Å². The number of anilines is 1. The first-order valence-electron chi connectivity index (χ1n) is 10.6. The Labute approximate surface area is 202 Å². The van der Waals surface area contributed by atoms with Gasteiger partial charge in [0, 0.05) is 24.0 Å². The van der Waals surface area contributed by atoms with Gasteiger partial charge in [-0.3, -0.25) is 5.43 Å². The third kappa shape index (κ3) is 5.39. The molecule has 0 radical (unpaired) electrons. The zero-order chi connectivity index (χ0) is 24.3. The highest BCUT2D eigenvalue weighted by Gasteiger charge is 2.32. The van der Waals surface area contributed by atoms with E-state index in [1.165, 1.54) is 28.8 Å². The van der Waals surface area contributed by atoms with Crippen LogP contribution in [0.25, 0.3) is 11.3 Å². The minimum Gasteiger partial charge on any atom is -0.504 e. The Balaban J connectivity index is 1.48. The highest BCUT2D eigenvalue weighted by Crippen LogP contribution is 2.29. The molecule has 9 nitrogen and oxygen atoms in total. The number of aromatic hydroxyl groups is 1. The summed E-state index contributed by atoms with van der Waals surface area (Å²) in [6, 6.07) is 11.7. The Morgan fingerprint density at radius 2 is 2.00 bits per heavy atom. The first-order valence-corrected chi connectivity index (χ1v) is 13.0. The summed E-state index contributed by atoms with van der Waals surface area (Å²) in [5, 5.41) is 16.3. The fraction of sp³-hybridized carbons (Fsp3) is 0.304. The fourth-order valence-electron chi connectivity index (χ4n) is 3.69. The van der Waals surface area contributed by atoms with Crippen molar-refractivity contribution in [2.75, 3.05) is 25.6 Å². The van der Waals surface area contributed by atoms with Crippen molar-refractivity contribution in [1.29, 1.82) is 0 Å². The van der Waals surface area contributed by atoms with Gasteiger partial charge in [0.05, 0.1) is 36.1 Å². The van der Waals surface area contributed by atoms with E-state index in [1.807, 2.05) is 25.3 Å². The number of aromatic nitrogens is 1. The van der Waals surface area contributed by atoms with E-state index in [0.717, 1.165) is 5.56 Å². The van der Waals surface area contributed by atoms with Crippen LogP contribution in [0.15, 0.2) is 57.8 Å². The minimum absolute atomic E-state index is 0.0547. The largest absolute Gasteiger partial charge is 0.504 e. The van der Waals surface area contributed by atoms with Gasteiger partial charge in [-0.2, -0.15) is 9.41 Å². The van der Waals surface area contributed by atoms with Crippen molar-refractivity contribution in [3.8, 4) is 22.8 Å². The van der Waals surface area contributed by atoms with Gasteiger partial charge in [-0.05, 0) is 49.7 Å². The molecule has 2 aromatic carbocycles. The topological polar surface area (TPSA) is 113 Å². The molecule has 34 heavy (non-hydrogen) atoms. The average Bonchev–Trinajstić information content (AvgIpc) is 3.28. The van der Waals surface area contributed by atoms with E-state index >= 15 is 0 Å². The summed E-state index contributed by atoms with van der Waals surface area (Å²) in [6.45, 7) is 4.40. The maximum Gasteiger partial charge on any atom is 0.243 e. The molecule has 2 atom stereocenters. The monoisotopic (exact) mass is 502 g/mol. The zero-order valence-corrected chi connectivity index (χ0v) is 20.6.